The Kier molecular flexibility index (Phi) is 3.10. The molecule has 0 fully saturated rings. The van der Waals surface area contributed by atoms with Gasteiger partial charge in [0.2, 0.25) is 0 Å². The van der Waals surface area contributed by atoms with Gasteiger partial charge < -0.3 is 0 Å². The number of allylic oxidation sites excluding steroid dienone is 1. The number of aromatic nitrogens is 1. The van der Waals surface area contributed by atoms with Crippen molar-refractivity contribution in [1.29, 1.82) is 0 Å². The van der Waals surface area contributed by atoms with Gasteiger partial charge in [0.1, 0.15) is 0 Å². The molecule has 0 atom stereocenters. The van der Waals surface area contributed by atoms with Crippen molar-refractivity contribution in [2.24, 2.45) is 4.99 Å². The van der Waals surface area contributed by atoms with Crippen molar-refractivity contribution >= 4 is 22.7 Å². The highest BCUT2D eigenvalue weighted by molar-refractivity contribution is 5.84. The molecule has 1 heterocycles. The van der Waals surface area contributed by atoms with Gasteiger partial charge in [0.15, 0.2) is 0 Å². The van der Waals surface area contributed by atoms with E-state index in [4.69, 9.17) is 0 Å². The molecule has 0 saturated carbocycles. The summed E-state index contributed by atoms with van der Waals surface area (Å²) in [5, 5.41) is 2.35. The summed E-state index contributed by atoms with van der Waals surface area (Å²) in [6, 6.07) is 10.3. The van der Waals surface area contributed by atoms with Gasteiger partial charge in [-0.05, 0) is 25.3 Å². The maximum Gasteiger partial charge on any atom is 0.0888 e. The molecule has 0 aliphatic heterocycles. The highest BCUT2D eigenvalue weighted by Gasteiger charge is 2.01. The first-order valence-corrected chi connectivity index (χ1v) is 5.35. The van der Waals surface area contributed by atoms with Crippen LogP contribution < -0.4 is 0 Å². The van der Waals surface area contributed by atoms with Crippen LogP contribution in [0.15, 0.2) is 47.6 Å². The fraction of sp³-hybridized carbons (Fsp3) is 0.143. The van der Waals surface area contributed by atoms with Crippen LogP contribution in [0.25, 0.3) is 16.5 Å². The molecule has 2 nitrogen and oxygen atoms in total. The molecule has 80 valence electrons. The zero-order chi connectivity index (χ0) is 11.4. The Bertz CT molecular complexity index is 553. The number of pyridine rings is 1. The summed E-state index contributed by atoms with van der Waals surface area (Å²) in [5.74, 6) is 0. The molecule has 0 saturated heterocycles. The largest absolute Gasteiger partial charge is 0.260 e. The van der Waals surface area contributed by atoms with Gasteiger partial charge in [-0.2, -0.15) is 0 Å². The molecule has 0 spiro atoms. The van der Waals surface area contributed by atoms with Gasteiger partial charge in [-0.25, -0.2) is 0 Å². The Labute approximate surface area is 95.4 Å². The predicted molar refractivity (Wildman–Crippen MR) is 69.6 cm³/mol. The maximum atomic E-state index is 4.41. The molecule has 0 bridgehead atoms. The Morgan fingerprint density at radius 1 is 1.19 bits per heavy atom. The minimum Gasteiger partial charge on any atom is -0.260 e. The Hall–Kier alpha value is -1.96. The second kappa shape index (κ2) is 4.71. The van der Waals surface area contributed by atoms with E-state index in [1.54, 1.807) is 6.21 Å². The lowest BCUT2D eigenvalue weighted by atomic mass is 10.1. The minimum absolute atomic E-state index is 0.910. The maximum absolute atomic E-state index is 4.41. The van der Waals surface area contributed by atoms with Crippen LogP contribution in [0.3, 0.4) is 0 Å². The van der Waals surface area contributed by atoms with Crippen LogP contribution >= 0.6 is 0 Å². The number of benzene rings is 1. The van der Waals surface area contributed by atoms with Crippen molar-refractivity contribution in [2.45, 2.75) is 13.8 Å². The van der Waals surface area contributed by atoms with Gasteiger partial charge in [-0.3, -0.25) is 9.98 Å². The fourth-order valence-electron chi connectivity index (χ4n) is 1.65. The monoisotopic (exact) mass is 210 g/mol. The van der Waals surface area contributed by atoms with Gasteiger partial charge in [0.25, 0.3) is 0 Å². The first kappa shape index (κ1) is 10.6. The smallest absolute Gasteiger partial charge is 0.0888 e. The topological polar surface area (TPSA) is 25.2 Å². The van der Waals surface area contributed by atoms with Gasteiger partial charge in [0.05, 0.1) is 11.4 Å². The van der Waals surface area contributed by atoms with E-state index in [1.165, 1.54) is 5.39 Å². The SMILES string of the molecule is CC=N/C(=C\C)c1cc2ccccc2cn1. The Morgan fingerprint density at radius 3 is 2.62 bits per heavy atom. The number of hydrogen-bond donors (Lipinski definition) is 0. The van der Waals surface area contributed by atoms with Gasteiger partial charge in [-0.1, -0.05) is 30.3 Å². The summed E-state index contributed by atoms with van der Waals surface area (Å²) in [4.78, 5) is 8.71. The fourth-order valence-corrected chi connectivity index (χ4v) is 1.65. The molecule has 0 radical (unpaired) electrons. The third-order valence-corrected chi connectivity index (χ3v) is 2.44. The van der Waals surface area contributed by atoms with Crippen molar-refractivity contribution in [2.75, 3.05) is 0 Å². The van der Waals surface area contributed by atoms with E-state index in [0.29, 0.717) is 0 Å². The van der Waals surface area contributed by atoms with Crippen LogP contribution in [-0.2, 0) is 0 Å². The quantitative estimate of drug-likeness (QED) is 0.694. The standard InChI is InChI=1S/C14H14N2/c1-3-13(15-4-2)14-9-11-7-5-6-8-12(11)10-16-14/h3-10H,1-2H3/b13-3-,15-4?. The summed E-state index contributed by atoms with van der Waals surface area (Å²) < 4.78 is 0. The van der Waals surface area contributed by atoms with Crippen molar-refractivity contribution in [1.82, 2.24) is 4.98 Å². The number of fused-ring (bicyclic) bond motifs is 1. The van der Waals surface area contributed by atoms with E-state index in [0.717, 1.165) is 16.8 Å². The third-order valence-electron chi connectivity index (χ3n) is 2.44. The highest BCUT2D eigenvalue weighted by atomic mass is 14.8. The lowest BCUT2D eigenvalue weighted by Gasteiger charge is -2.02. The third kappa shape index (κ3) is 2.01. The predicted octanol–water partition coefficient (Wildman–Crippen LogP) is 3.69. The molecular weight excluding hydrogens is 196 g/mol. The Balaban J connectivity index is 2.54. The molecule has 0 amide bonds. The first-order chi connectivity index (χ1) is 7.85. The summed E-state index contributed by atoms with van der Waals surface area (Å²) in [5.41, 5.74) is 1.83. The zero-order valence-electron chi connectivity index (χ0n) is 9.51. The molecule has 0 aliphatic rings. The van der Waals surface area contributed by atoms with Crippen LogP contribution in [0, 0.1) is 0 Å². The van der Waals surface area contributed by atoms with E-state index >= 15 is 0 Å². The lowest BCUT2D eigenvalue weighted by molar-refractivity contribution is 1.28. The first-order valence-electron chi connectivity index (χ1n) is 5.35. The number of nitrogens with zero attached hydrogens (tertiary/aromatic N) is 2. The molecule has 2 rings (SSSR count). The summed E-state index contributed by atoms with van der Waals surface area (Å²) in [6.07, 6.45) is 5.64. The molecule has 1 aromatic heterocycles. The van der Waals surface area contributed by atoms with E-state index in [-0.39, 0.29) is 0 Å². The average molecular weight is 210 g/mol. The van der Waals surface area contributed by atoms with E-state index in [1.807, 2.05) is 38.3 Å². The van der Waals surface area contributed by atoms with E-state index < -0.39 is 0 Å². The van der Waals surface area contributed by atoms with Gasteiger partial charge in [-0.15, -0.1) is 0 Å². The van der Waals surface area contributed by atoms with E-state index in [2.05, 4.69) is 28.2 Å². The van der Waals surface area contributed by atoms with Crippen LogP contribution in [0.4, 0.5) is 0 Å². The summed E-state index contributed by atoms with van der Waals surface area (Å²) in [7, 11) is 0. The summed E-state index contributed by atoms with van der Waals surface area (Å²) >= 11 is 0. The van der Waals surface area contributed by atoms with Crippen LogP contribution in [-0.4, -0.2) is 11.2 Å². The Morgan fingerprint density at radius 2 is 1.94 bits per heavy atom. The molecule has 0 aliphatic carbocycles. The van der Waals surface area contributed by atoms with Crippen molar-refractivity contribution in [3.05, 3.63) is 48.3 Å². The molecule has 0 unspecified atom stereocenters. The lowest BCUT2D eigenvalue weighted by Crippen LogP contribution is -1.87. The van der Waals surface area contributed by atoms with Gasteiger partial charge in [0, 0.05) is 17.8 Å². The second-order valence-electron chi connectivity index (χ2n) is 3.48. The van der Waals surface area contributed by atoms with Crippen LogP contribution in [0.2, 0.25) is 0 Å². The zero-order valence-corrected chi connectivity index (χ0v) is 9.51. The molecule has 16 heavy (non-hydrogen) atoms. The minimum atomic E-state index is 0.910. The van der Waals surface area contributed by atoms with Crippen molar-refractivity contribution in [3.63, 3.8) is 0 Å². The number of hydrogen-bond acceptors (Lipinski definition) is 2. The molecule has 2 heteroatoms. The molecular formula is C14H14N2. The normalized spacial score (nSPS) is 12.5. The number of aliphatic imine (C=N–C) groups is 1. The molecule has 2 aromatic rings. The van der Waals surface area contributed by atoms with Gasteiger partial charge >= 0.3 is 0 Å². The van der Waals surface area contributed by atoms with Crippen molar-refractivity contribution < 1.29 is 0 Å². The van der Waals surface area contributed by atoms with Crippen LogP contribution in [0.1, 0.15) is 19.5 Å². The van der Waals surface area contributed by atoms with E-state index in [9.17, 15) is 0 Å². The second-order valence-corrected chi connectivity index (χ2v) is 3.48. The van der Waals surface area contributed by atoms with Crippen LogP contribution in [0.5, 0.6) is 0 Å². The van der Waals surface area contributed by atoms with Crippen molar-refractivity contribution in [3.8, 4) is 0 Å². The number of rotatable bonds is 2. The highest BCUT2D eigenvalue weighted by Crippen LogP contribution is 2.19. The summed E-state index contributed by atoms with van der Waals surface area (Å²) in [6.45, 7) is 3.88. The molecule has 0 N–H and O–H groups in total. The average Bonchev–Trinajstić information content (AvgIpc) is 2.35. The molecule has 1 aromatic carbocycles.